The van der Waals surface area contributed by atoms with Crippen LogP contribution >= 0.6 is 0 Å². The molecule has 3 nitrogen and oxygen atoms in total. The van der Waals surface area contributed by atoms with Gasteiger partial charge in [-0.05, 0) is 61.3 Å². The Morgan fingerprint density at radius 2 is 2.00 bits per heavy atom. The van der Waals surface area contributed by atoms with Crippen molar-refractivity contribution >= 4 is 0 Å². The Kier molecular flexibility index (Phi) is 4.79. The number of methoxy groups -OCH3 is 1. The van der Waals surface area contributed by atoms with Crippen LogP contribution in [-0.4, -0.2) is 17.1 Å². The van der Waals surface area contributed by atoms with Crippen LogP contribution in [0.25, 0.3) is 0 Å². The summed E-state index contributed by atoms with van der Waals surface area (Å²) in [5.74, 6) is 1.02. The standard InChI is InChI=1S/C23H26N2O/c1-26-21-13-5-12-20-19(21)11-7-15-23(20,22-16-24-17-25-22)14-6-10-18-8-3-2-4-9-18/h2-5,8-9,12-13,16-17H,6-7,10-11,14-15H2,1H3,(H,24,25). The zero-order valence-corrected chi connectivity index (χ0v) is 15.4. The molecule has 1 aliphatic rings. The highest BCUT2D eigenvalue weighted by Crippen LogP contribution is 2.47. The topological polar surface area (TPSA) is 37.9 Å². The van der Waals surface area contributed by atoms with Gasteiger partial charge in [-0.3, -0.25) is 0 Å². The second-order valence-electron chi connectivity index (χ2n) is 7.23. The Labute approximate surface area is 155 Å². The minimum absolute atomic E-state index is 0.00734. The van der Waals surface area contributed by atoms with Crippen LogP contribution in [0.4, 0.5) is 0 Å². The molecule has 0 saturated heterocycles. The lowest BCUT2D eigenvalue weighted by molar-refractivity contribution is 0.362. The maximum atomic E-state index is 5.67. The van der Waals surface area contributed by atoms with E-state index in [1.807, 2.05) is 12.5 Å². The molecule has 3 heteroatoms. The van der Waals surface area contributed by atoms with E-state index < -0.39 is 0 Å². The van der Waals surface area contributed by atoms with Gasteiger partial charge in [0, 0.05) is 17.3 Å². The molecule has 0 bridgehead atoms. The number of H-pyrrole nitrogens is 1. The molecule has 4 rings (SSSR count). The quantitative estimate of drug-likeness (QED) is 0.677. The van der Waals surface area contributed by atoms with Gasteiger partial charge in [0.2, 0.25) is 0 Å². The number of aromatic nitrogens is 2. The SMILES string of the molecule is COc1cccc2c1CCCC2(CCCc1ccccc1)c1cnc[nH]1. The van der Waals surface area contributed by atoms with Crippen molar-refractivity contribution in [3.05, 3.63) is 83.4 Å². The second-order valence-corrected chi connectivity index (χ2v) is 7.23. The van der Waals surface area contributed by atoms with E-state index in [1.165, 1.54) is 28.8 Å². The van der Waals surface area contributed by atoms with E-state index in [2.05, 4.69) is 58.5 Å². The Morgan fingerprint density at radius 3 is 2.77 bits per heavy atom. The highest BCUT2D eigenvalue weighted by Gasteiger charge is 2.39. The predicted molar refractivity (Wildman–Crippen MR) is 105 cm³/mol. The number of nitrogens with one attached hydrogen (secondary N) is 1. The minimum atomic E-state index is 0.00734. The molecule has 0 radical (unpaired) electrons. The fraction of sp³-hybridized carbons (Fsp3) is 0.348. The van der Waals surface area contributed by atoms with E-state index >= 15 is 0 Å². The molecule has 0 fully saturated rings. The summed E-state index contributed by atoms with van der Waals surface area (Å²) in [6, 6.07) is 17.3. The summed E-state index contributed by atoms with van der Waals surface area (Å²) in [5, 5.41) is 0. The van der Waals surface area contributed by atoms with Crippen LogP contribution < -0.4 is 4.74 Å². The maximum absolute atomic E-state index is 5.67. The molecule has 134 valence electrons. The number of rotatable bonds is 6. The molecular weight excluding hydrogens is 320 g/mol. The van der Waals surface area contributed by atoms with Crippen molar-refractivity contribution in [1.82, 2.24) is 9.97 Å². The number of fused-ring (bicyclic) bond motifs is 1. The number of benzene rings is 2. The maximum Gasteiger partial charge on any atom is 0.122 e. The molecule has 26 heavy (non-hydrogen) atoms. The first-order chi connectivity index (χ1) is 12.8. The first-order valence-corrected chi connectivity index (χ1v) is 9.53. The molecule has 1 unspecified atom stereocenters. The average Bonchev–Trinajstić information content (AvgIpc) is 3.24. The normalized spacial score (nSPS) is 19.1. The van der Waals surface area contributed by atoms with Gasteiger partial charge in [-0.25, -0.2) is 4.98 Å². The van der Waals surface area contributed by atoms with E-state index in [0.717, 1.165) is 37.9 Å². The fourth-order valence-electron chi connectivity index (χ4n) is 4.60. The van der Waals surface area contributed by atoms with Gasteiger partial charge in [0.1, 0.15) is 5.75 Å². The molecule has 1 heterocycles. The average molecular weight is 346 g/mol. The van der Waals surface area contributed by atoms with E-state index in [0.29, 0.717) is 0 Å². The third kappa shape index (κ3) is 3.03. The van der Waals surface area contributed by atoms with Crippen molar-refractivity contribution in [2.75, 3.05) is 7.11 Å². The van der Waals surface area contributed by atoms with Gasteiger partial charge >= 0.3 is 0 Å². The van der Waals surface area contributed by atoms with Crippen LogP contribution in [0.15, 0.2) is 61.1 Å². The van der Waals surface area contributed by atoms with Crippen LogP contribution in [0, 0.1) is 0 Å². The summed E-state index contributed by atoms with van der Waals surface area (Å²) < 4.78 is 5.67. The molecule has 0 spiro atoms. The molecule has 1 atom stereocenters. The van der Waals surface area contributed by atoms with Crippen LogP contribution in [0.3, 0.4) is 0 Å². The van der Waals surface area contributed by atoms with Gasteiger partial charge in [-0.15, -0.1) is 0 Å². The second kappa shape index (κ2) is 7.36. The van der Waals surface area contributed by atoms with Crippen molar-refractivity contribution < 1.29 is 4.74 Å². The molecule has 0 aliphatic heterocycles. The Bertz CT molecular complexity index is 842. The van der Waals surface area contributed by atoms with Crippen molar-refractivity contribution in [3.8, 4) is 5.75 Å². The highest BCUT2D eigenvalue weighted by atomic mass is 16.5. The number of aryl methyl sites for hydroxylation is 1. The van der Waals surface area contributed by atoms with Crippen molar-refractivity contribution in [1.29, 1.82) is 0 Å². The molecule has 2 aromatic carbocycles. The third-order valence-corrected chi connectivity index (χ3v) is 5.82. The molecule has 0 amide bonds. The molecular formula is C23H26N2O. The van der Waals surface area contributed by atoms with Gasteiger partial charge in [0.15, 0.2) is 0 Å². The van der Waals surface area contributed by atoms with Crippen molar-refractivity contribution in [2.45, 2.75) is 43.9 Å². The lowest BCUT2D eigenvalue weighted by Gasteiger charge is -2.39. The fourth-order valence-corrected chi connectivity index (χ4v) is 4.60. The van der Waals surface area contributed by atoms with Gasteiger partial charge in [0.25, 0.3) is 0 Å². The Hall–Kier alpha value is -2.55. The predicted octanol–water partition coefficient (Wildman–Crippen LogP) is 5.06. The first-order valence-electron chi connectivity index (χ1n) is 9.53. The Balaban J connectivity index is 1.68. The van der Waals surface area contributed by atoms with Crippen LogP contribution in [0.5, 0.6) is 5.75 Å². The molecule has 1 aromatic heterocycles. The third-order valence-electron chi connectivity index (χ3n) is 5.82. The summed E-state index contributed by atoms with van der Waals surface area (Å²) in [5.41, 5.74) is 5.44. The lowest BCUT2D eigenvalue weighted by Crippen LogP contribution is -2.33. The van der Waals surface area contributed by atoms with E-state index in [4.69, 9.17) is 4.74 Å². The van der Waals surface area contributed by atoms with Crippen molar-refractivity contribution in [3.63, 3.8) is 0 Å². The van der Waals surface area contributed by atoms with Crippen LogP contribution in [0.2, 0.25) is 0 Å². The number of ether oxygens (including phenoxy) is 1. The highest BCUT2D eigenvalue weighted by molar-refractivity contribution is 5.49. The molecule has 1 N–H and O–H groups in total. The van der Waals surface area contributed by atoms with Crippen LogP contribution in [-0.2, 0) is 18.3 Å². The summed E-state index contributed by atoms with van der Waals surface area (Å²) in [6.07, 6.45) is 10.6. The van der Waals surface area contributed by atoms with Gasteiger partial charge in [-0.2, -0.15) is 0 Å². The largest absolute Gasteiger partial charge is 0.496 e. The minimum Gasteiger partial charge on any atom is -0.496 e. The van der Waals surface area contributed by atoms with E-state index in [9.17, 15) is 0 Å². The van der Waals surface area contributed by atoms with E-state index in [1.54, 1.807) is 7.11 Å². The van der Waals surface area contributed by atoms with E-state index in [-0.39, 0.29) is 5.41 Å². The number of hydrogen-bond donors (Lipinski definition) is 1. The summed E-state index contributed by atoms with van der Waals surface area (Å²) in [6.45, 7) is 0. The molecule has 3 aromatic rings. The number of nitrogens with zero attached hydrogens (tertiary/aromatic N) is 1. The Morgan fingerprint density at radius 1 is 1.12 bits per heavy atom. The number of hydrogen-bond acceptors (Lipinski definition) is 2. The smallest absolute Gasteiger partial charge is 0.122 e. The van der Waals surface area contributed by atoms with Crippen LogP contribution in [0.1, 0.15) is 48.1 Å². The number of aromatic amines is 1. The lowest BCUT2D eigenvalue weighted by atomic mass is 9.65. The van der Waals surface area contributed by atoms with Gasteiger partial charge in [0.05, 0.1) is 13.4 Å². The monoisotopic (exact) mass is 346 g/mol. The summed E-state index contributed by atoms with van der Waals surface area (Å²) in [4.78, 5) is 7.76. The number of imidazole rings is 1. The molecule has 1 aliphatic carbocycles. The summed E-state index contributed by atoms with van der Waals surface area (Å²) >= 11 is 0. The zero-order chi connectivity index (χ0) is 17.8. The van der Waals surface area contributed by atoms with Gasteiger partial charge < -0.3 is 9.72 Å². The van der Waals surface area contributed by atoms with Crippen molar-refractivity contribution in [2.24, 2.45) is 0 Å². The zero-order valence-electron chi connectivity index (χ0n) is 15.4. The first kappa shape index (κ1) is 16.9. The summed E-state index contributed by atoms with van der Waals surface area (Å²) in [7, 11) is 1.78. The molecule has 0 saturated carbocycles. The van der Waals surface area contributed by atoms with Gasteiger partial charge in [-0.1, -0.05) is 42.5 Å².